The van der Waals surface area contributed by atoms with Gasteiger partial charge in [0.25, 0.3) is 11.6 Å². The molecule has 0 bridgehead atoms. The van der Waals surface area contributed by atoms with E-state index in [2.05, 4.69) is 5.32 Å². The molecule has 2 aromatic rings. The van der Waals surface area contributed by atoms with Crippen LogP contribution in [0.3, 0.4) is 0 Å². The first-order valence-electron chi connectivity index (χ1n) is 6.80. The summed E-state index contributed by atoms with van der Waals surface area (Å²) in [5.41, 5.74) is 1.25. The van der Waals surface area contributed by atoms with E-state index in [-0.39, 0.29) is 18.2 Å². The van der Waals surface area contributed by atoms with E-state index in [0.29, 0.717) is 12.0 Å². The molecule has 0 aromatic heterocycles. The van der Waals surface area contributed by atoms with Gasteiger partial charge in [0, 0.05) is 17.7 Å². The Bertz CT molecular complexity index is 641. The van der Waals surface area contributed by atoms with Crippen molar-refractivity contribution in [3.63, 3.8) is 0 Å². The molecule has 6 nitrogen and oxygen atoms in total. The minimum Gasteiger partial charge on any atom is -0.394 e. The summed E-state index contributed by atoms with van der Waals surface area (Å²) < 4.78 is 0. The summed E-state index contributed by atoms with van der Waals surface area (Å²) in [6.45, 7) is -0.187. The van der Waals surface area contributed by atoms with Crippen molar-refractivity contribution in [1.29, 1.82) is 0 Å². The molecule has 6 heteroatoms. The maximum absolute atomic E-state index is 12.1. The second-order valence-corrected chi connectivity index (χ2v) is 4.85. The van der Waals surface area contributed by atoms with Gasteiger partial charge in [-0.05, 0) is 24.1 Å². The van der Waals surface area contributed by atoms with Crippen LogP contribution in [-0.2, 0) is 6.42 Å². The number of hydrogen-bond donors (Lipinski definition) is 2. The zero-order valence-corrected chi connectivity index (χ0v) is 11.8. The van der Waals surface area contributed by atoms with Gasteiger partial charge in [-0.2, -0.15) is 0 Å². The van der Waals surface area contributed by atoms with Crippen molar-refractivity contribution in [3.8, 4) is 0 Å². The largest absolute Gasteiger partial charge is 0.394 e. The van der Waals surface area contributed by atoms with Crippen LogP contribution in [0.1, 0.15) is 15.9 Å². The van der Waals surface area contributed by atoms with Crippen LogP contribution in [-0.4, -0.2) is 28.6 Å². The quantitative estimate of drug-likeness (QED) is 0.629. The molecule has 0 radical (unpaired) electrons. The topological polar surface area (TPSA) is 92.5 Å². The molecule has 114 valence electrons. The zero-order chi connectivity index (χ0) is 15.9. The van der Waals surface area contributed by atoms with E-state index in [1.54, 1.807) is 0 Å². The second kappa shape index (κ2) is 7.33. The van der Waals surface area contributed by atoms with Gasteiger partial charge in [-0.3, -0.25) is 14.9 Å². The summed E-state index contributed by atoms with van der Waals surface area (Å²) in [5.74, 6) is -0.370. The number of aliphatic hydroxyl groups excluding tert-OH is 1. The van der Waals surface area contributed by atoms with Gasteiger partial charge in [0.15, 0.2) is 0 Å². The highest BCUT2D eigenvalue weighted by atomic mass is 16.6. The number of non-ortho nitro benzene ring substituents is 1. The molecule has 2 rings (SSSR count). The predicted molar refractivity (Wildman–Crippen MR) is 81.6 cm³/mol. The van der Waals surface area contributed by atoms with Crippen molar-refractivity contribution < 1.29 is 14.8 Å². The third kappa shape index (κ3) is 4.13. The van der Waals surface area contributed by atoms with Crippen LogP contribution in [0.4, 0.5) is 5.69 Å². The highest BCUT2D eigenvalue weighted by molar-refractivity contribution is 5.94. The SMILES string of the molecule is O=C(N[C@H](CO)Cc1ccccc1)c1ccc([N+](=O)[O-])cc1. The van der Waals surface area contributed by atoms with Gasteiger partial charge in [0.05, 0.1) is 17.6 Å². The maximum atomic E-state index is 12.1. The average Bonchev–Trinajstić information content (AvgIpc) is 2.55. The van der Waals surface area contributed by atoms with E-state index in [1.165, 1.54) is 24.3 Å². The van der Waals surface area contributed by atoms with Crippen molar-refractivity contribution in [2.75, 3.05) is 6.61 Å². The predicted octanol–water partition coefficient (Wildman–Crippen LogP) is 1.93. The van der Waals surface area contributed by atoms with Gasteiger partial charge >= 0.3 is 0 Å². The zero-order valence-electron chi connectivity index (χ0n) is 11.8. The lowest BCUT2D eigenvalue weighted by molar-refractivity contribution is -0.384. The molecule has 0 aliphatic rings. The number of benzene rings is 2. The number of carbonyl (C=O) groups is 1. The smallest absolute Gasteiger partial charge is 0.269 e. The Hall–Kier alpha value is -2.73. The van der Waals surface area contributed by atoms with E-state index < -0.39 is 11.0 Å². The third-order valence-corrected chi connectivity index (χ3v) is 3.22. The molecule has 0 saturated carbocycles. The van der Waals surface area contributed by atoms with Crippen molar-refractivity contribution in [2.24, 2.45) is 0 Å². The number of carbonyl (C=O) groups excluding carboxylic acids is 1. The molecule has 0 spiro atoms. The fourth-order valence-electron chi connectivity index (χ4n) is 2.06. The first-order chi connectivity index (χ1) is 10.6. The fourth-order valence-corrected chi connectivity index (χ4v) is 2.06. The molecule has 2 aromatic carbocycles. The highest BCUT2D eigenvalue weighted by Gasteiger charge is 2.14. The van der Waals surface area contributed by atoms with Gasteiger partial charge in [-0.25, -0.2) is 0 Å². The Morgan fingerprint density at radius 3 is 2.32 bits per heavy atom. The minimum absolute atomic E-state index is 0.0699. The van der Waals surface area contributed by atoms with Gasteiger partial charge in [0.2, 0.25) is 0 Å². The Labute approximate surface area is 127 Å². The van der Waals surface area contributed by atoms with Gasteiger partial charge in [0.1, 0.15) is 0 Å². The molecule has 2 N–H and O–H groups in total. The van der Waals surface area contributed by atoms with Gasteiger partial charge < -0.3 is 10.4 Å². The van der Waals surface area contributed by atoms with Crippen LogP contribution in [0.5, 0.6) is 0 Å². The first kappa shape index (κ1) is 15.7. The molecule has 0 aliphatic heterocycles. The molecule has 0 aliphatic carbocycles. The minimum atomic E-state index is -0.520. The molecule has 0 fully saturated rings. The number of amides is 1. The maximum Gasteiger partial charge on any atom is 0.269 e. The molecule has 0 heterocycles. The summed E-state index contributed by atoms with van der Waals surface area (Å²) in [6, 6.07) is 14.4. The van der Waals surface area contributed by atoms with Gasteiger partial charge in [-0.1, -0.05) is 30.3 Å². The van der Waals surface area contributed by atoms with E-state index >= 15 is 0 Å². The van der Waals surface area contributed by atoms with E-state index in [0.717, 1.165) is 5.56 Å². The molecule has 0 unspecified atom stereocenters. The highest BCUT2D eigenvalue weighted by Crippen LogP contribution is 2.12. The number of nitro benzene ring substituents is 1. The Morgan fingerprint density at radius 1 is 1.14 bits per heavy atom. The number of nitro groups is 1. The van der Waals surface area contributed by atoms with E-state index in [4.69, 9.17) is 0 Å². The molecule has 1 atom stereocenters. The number of nitrogens with zero attached hydrogens (tertiary/aromatic N) is 1. The summed E-state index contributed by atoms with van der Waals surface area (Å²) >= 11 is 0. The van der Waals surface area contributed by atoms with Gasteiger partial charge in [-0.15, -0.1) is 0 Å². The average molecular weight is 300 g/mol. The van der Waals surface area contributed by atoms with E-state index in [9.17, 15) is 20.0 Å². The number of nitrogens with one attached hydrogen (secondary N) is 1. The number of hydrogen-bond acceptors (Lipinski definition) is 4. The fraction of sp³-hybridized carbons (Fsp3) is 0.188. The van der Waals surface area contributed by atoms with Crippen molar-refractivity contribution >= 4 is 11.6 Å². The summed E-state index contributed by atoms with van der Waals surface area (Å²) in [5, 5.41) is 22.7. The Kier molecular flexibility index (Phi) is 5.21. The van der Waals surface area contributed by atoms with Crippen molar-refractivity contribution in [2.45, 2.75) is 12.5 Å². The lowest BCUT2D eigenvalue weighted by Crippen LogP contribution is -2.39. The Morgan fingerprint density at radius 2 is 1.77 bits per heavy atom. The van der Waals surface area contributed by atoms with E-state index in [1.807, 2.05) is 30.3 Å². The molecule has 0 saturated heterocycles. The lowest BCUT2D eigenvalue weighted by atomic mass is 10.1. The monoisotopic (exact) mass is 300 g/mol. The first-order valence-corrected chi connectivity index (χ1v) is 6.80. The lowest BCUT2D eigenvalue weighted by Gasteiger charge is -2.16. The normalized spacial score (nSPS) is 11.7. The molecular weight excluding hydrogens is 284 g/mol. The van der Waals surface area contributed by atoms with Crippen LogP contribution in [0, 0.1) is 10.1 Å². The molecular formula is C16H16N2O4. The van der Waals surface area contributed by atoms with Crippen LogP contribution >= 0.6 is 0 Å². The molecule has 22 heavy (non-hydrogen) atoms. The third-order valence-electron chi connectivity index (χ3n) is 3.22. The second-order valence-electron chi connectivity index (χ2n) is 4.85. The van der Waals surface area contributed by atoms with Crippen molar-refractivity contribution in [3.05, 3.63) is 75.8 Å². The van der Waals surface area contributed by atoms with Crippen LogP contribution < -0.4 is 5.32 Å². The summed E-state index contributed by atoms with van der Waals surface area (Å²) in [6.07, 6.45) is 0.510. The number of aliphatic hydroxyl groups is 1. The summed E-state index contributed by atoms with van der Waals surface area (Å²) in [7, 11) is 0. The Balaban J connectivity index is 2.01. The standard InChI is InChI=1S/C16H16N2O4/c19-11-14(10-12-4-2-1-3-5-12)17-16(20)13-6-8-15(9-7-13)18(21)22/h1-9,14,19H,10-11H2,(H,17,20)/t14-/m0/s1. The van der Waals surface area contributed by atoms with Crippen molar-refractivity contribution in [1.82, 2.24) is 5.32 Å². The van der Waals surface area contributed by atoms with Crippen LogP contribution in [0.25, 0.3) is 0 Å². The number of rotatable bonds is 6. The molecule has 1 amide bonds. The van der Waals surface area contributed by atoms with Crippen LogP contribution in [0.15, 0.2) is 54.6 Å². The summed E-state index contributed by atoms with van der Waals surface area (Å²) in [4.78, 5) is 22.2. The van der Waals surface area contributed by atoms with Crippen LogP contribution in [0.2, 0.25) is 0 Å².